The summed E-state index contributed by atoms with van der Waals surface area (Å²) < 4.78 is 5.86. The van der Waals surface area contributed by atoms with E-state index in [1.807, 2.05) is 96.2 Å². The number of nitrogens with two attached hydrogens (primary N) is 3. The summed E-state index contributed by atoms with van der Waals surface area (Å²) in [5.74, 6) is 5.24. The Labute approximate surface area is 451 Å². The lowest BCUT2D eigenvalue weighted by molar-refractivity contribution is -0.118. The first kappa shape index (κ1) is 62.6. The van der Waals surface area contributed by atoms with Gasteiger partial charge in [0.2, 0.25) is 0 Å². The largest absolute Gasteiger partial charge is 0.384 e. The Morgan fingerprint density at radius 2 is 0.935 bits per heavy atom. The van der Waals surface area contributed by atoms with Gasteiger partial charge in [0.25, 0.3) is 17.4 Å². The number of imidazole rings is 3. The number of hydrogen-bond acceptors (Lipinski definition) is 18. The number of aryl methyl sites for hydroxylation is 3. The second-order valence-corrected chi connectivity index (χ2v) is 19.5. The molecule has 3 aliphatic rings. The van der Waals surface area contributed by atoms with Gasteiger partial charge in [-0.25, -0.2) is 44.9 Å². The molecule has 416 valence electrons. The van der Waals surface area contributed by atoms with Crippen molar-refractivity contribution in [1.29, 1.82) is 0 Å². The van der Waals surface area contributed by atoms with Gasteiger partial charge in [0.15, 0.2) is 34.1 Å². The summed E-state index contributed by atoms with van der Waals surface area (Å²) in [5, 5.41) is 5.30. The van der Waals surface area contributed by atoms with Crippen LogP contribution in [-0.4, -0.2) is 109 Å². The third kappa shape index (κ3) is 16.4. The molecule has 9 rings (SSSR count). The topological polar surface area (TPSA) is 309 Å². The number of rotatable bonds is 6. The molecule has 9 N–H and O–H groups in total. The van der Waals surface area contributed by atoms with Gasteiger partial charge in [-0.05, 0) is 117 Å². The molecule has 0 saturated carbocycles. The van der Waals surface area contributed by atoms with Gasteiger partial charge in [0, 0.05) is 66.5 Å². The van der Waals surface area contributed by atoms with Crippen molar-refractivity contribution in [3.05, 3.63) is 120 Å². The van der Waals surface area contributed by atoms with E-state index < -0.39 is 0 Å². The van der Waals surface area contributed by atoms with Crippen molar-refractivity contribution in [2.45, 2.75) is 154 Å². The van der Waals surface area contributed by atoms with Crippen molar-refractivity contribution in [3.8, 4) is 0 Å². The van der Waals surface area contributed by atoms with E-state index in [2.05, 4.69) is 122 Å². The minimum atomic E-state index is -0.174. The van der Waals surface area contributed by atoms with E-state index in [-0.39, 0.29) is 30.8 Å². The fourth-order valence-electron chi connectivity index (χ4n) is 7.30. The molecule has 0 aliphatic carbocycles. The van der Waals surface area contributed by atoms with Crippen LogP contribution < -0.4 is 33.4 Å². The van der Waals surface area contributed by atoms with E-state index in [1.165, 1.54) is 6.08 Å². The number of nitrogen functional groups attached to an aromatic ring is 2. The molecule has 6 aromatic rings. The number of fused-ring (bicyclic) bond motifs is 3. The summed E-state index contributed by atoms with van der Waals surface area (Å²) in [7, 11) is 0. The number of amides is 2. The summed E-state index contributed by atoms with van der Waals surface area (Å²) in [6, 6.07) is 1.96. The minimum absolute atomic E-state index is 0. The maximum Gasteiger partial charge on any atom is 0.279 e. The molecule has 0 aromatic carbocycles. The first-order chi connectivity index (χ1) is 35.5. The summed E-state index contributed by atoms with van der Waals surface area (Å²) in [4.78, 5) is 79.3. The lowest BCUT2D eigenvalue weighted by Crippen LogP contribution is -2.40. The molecule has 0 spiro atoms. The number of aromatic amines is 1. The van der Waals surface area contributed by atoms with E-state index >= 15 is 0 Å². The van der Waals surface area contributed by atoms with Crippen molar-refractivity contribution in [2.24, 2.45) is 10.7 Å². The second-order valence-electron chi connectivity index (χ2n) is 19.5. The molecule has 0 bridgehead atoms. The van der Waals surface area contributed by atoms with Gasteiger partial charge in [-0.1, -0.05) is 27.2 Å². The summed E-state index contributed by atoms with van der Waals surface area (Å²) >= 11 is 0. The molecule has 2 amide bonds. The molecule has 77 heavy (non-hydrogen) atoms. The van der Waals surface area contributed by atoms with Crippen molar-refractivity contribution in [3.63, 3.8) is 0 Å². The van der Waals surface area contributed by atoms with Gasteiger partial charge >= 0.3 is 0 Å². The number of carbonyl (C=O) groups excluding carboxylic acids is 2. The molecule has 0 unspecified atom stereocenters. The number of H-pyrrole nitrogens is 1. The van der Waals surface area contributed by atoms with Gasteiger partial charge in [0.05, 0.1) is 19.0 Å². The van der Waals surface area contributed by atoms with Crippen LogP contribution >= 0.6 is 0 Å². The molecule has 24 heteroatoms. The van der Waals surface area contributed by atoms with Crippen molar-refractivity contribution in [2.75, 3.05) is 11.5 Å². The molecule has 0 atom stereocenters. The number of hydrogen-bond donors (Lipinski definition) is 6. The van der Waals surface area contributed by atoms with Gasteiger partial charge in [0.1, 0.15) is 51.8 Å². The van der Waals surface area contributed by atoms with Crippen LogP contribution in [0, 0.1) is 20.8 Å². The summed E-state index contributed by atoms with van der Waals surface area (Å²) in [6.07, 6.45) is 13.9. The van der Waals surface area contributed by atoms with Crippen LogP contribution in [0.3, 0.4) is 0 Å². The molecule has 0 saturated heterocycles. The number of carbonyl (C=O) groups is 2. The minimum Gasteiger partial charge on any atom is -0.384 e. The van der Waals surface area contributed by atoms with Crippen LogP contribution in [0.15, 0.2) is 102 Å². The van der Waals surface area contributed by atoms with E-state index in [1.54, 1.807) is 45.1 Å². The number of anilines is 2. The quantitative estimate of drug-likeness (QED) is 0.0952. The maximum atomic E-state index is 11.5. The summed E-state index contributed by atoms with van der Waals surface area (Å²) in [6.45, 7) is 43.1. The fourth-order valence-corrected chi connectivity index (χ4v) is 7.30. The van der Waals surface area contributed by atoms with Gasteiger partial charge in [-0.15, -0.1) is 0 Å². The first-order valence-corrected chi connectivity index (χ1v) is 24.8. The zero-order valence-corrected chi connectivity index (χ0v) is 46.9. The monoisotopic (exact) mass is 1060 g/mol. The normalized spacial score (nSPS) is 14.1. The highest BCUT2D eigenvalue weighted by Crippen LogP contribution is 2.21. The SMILES string of the molecule is C.C=C1N=C(N)C=CN1C(C)C.C=C1NC(=O)C(C)=CN1C(C)C.C=C1NC(=O)C=CN1C(C)C.Cc1nc(N)c2ncn(C(C)C)c2n1.Cc1nc(N)c2ncn(C(C)C)c2n1.Cc1nc2c(ncn2C(C)C)c(=O)[nH]1. The van der Waals surface area contributed by atoms with Crippen LogP contribution in [0.2, 0.25) is 0 Å². The van der Waals surface area contributed by atoms with E-state index in [0.29, 0.717) is 105 Å². The molecule has 24 nitrogen and oxygen atoms in total. The fraction of sp³-hybridized carbons (Fsp3) is 0.434. The standard InChI is InChI=1S/2C9H13N5.C9H12N4O.C9H14N2O.C8H13N3.C8H12N2O.CH4/c2*1-5(2)14-4-11-7-8(10)12-6(3)13-9(7)14;1-5(2)13-4-10-7-8(13)11-6(3)12-9(7)14;1-6(2)11-5-7(3)9(12)10-8(11)4;1-6(2)11-5-4-8(9)10-7(11)3;1-6(2)10-5-4-8(11)9-7(10)3;/h2*4-5H,1-3H3,(H2,10,12,13);4-5H,1-3H3,(H,11,12,14);5-6H,4H2,1-3H3,(H,10,12);4-6H,3H2,1-2H3,(H2,9,10);4-6H,3H2,1-2H3,(H,9,11);1H4. The van der Waals surface area contributed by atoms with Crippen LogP contribution in [-0.2, 0) is 9.59 Å². The first-order valence-electron chi connectivity index (χ1n) is 24.8. The molecular weight excluding hydrogens is 979 g/mol. The number of nitrogens with zero attached hydrogens (tertiary/aromatic N) is 15. The van der Waals surface area contributed by atoms with Gasteiger partial charge < -0.3 is 61.2 Å². The average Bonchev–Trinajstić information content (AvgIpc) is 4.06. The van der Waals surface area contributed by atoms with Crippen molar-refractivity contribution in [1.82, 2.24) is 83.9 Å². The van der Waals surface area contributed by atoms with Crippen LogP contribution in [0.1, 0.15) is 133 Å². The predicted octanol–water partition coefficient (Wildman–Crippen LogP) is 7.31. The van der Waals surface area contributed by atoms with Gasteiger partial charge in [-0.3, -0.25) is 14.4 Å². The highest BCUT2D eigenvalue weighted by atomic mass is 16.2. The molecule has 0 fully saturated rings. The Hall–Kier alpha value is -8.70. The maximum absolute atomic E-state index is 11.5. The third-order valence-electron chi connectivity index (χ3n) is 11.2. The van der Waals surface area contributed by atoms with Crippen LogP contribution in [0.4, 0.5) is 11.6 Å². The Balaban J connectivity index is 0.000000243. The van der Waals surface area contributed by atoms with E-state index in [9.17, 15) is 14.4 Å². The third-order valence-corrected chi connectivity index (χ3v) is 11.2. The Bertz CT molecular complexity index is 3160. The van der Waals surface area contributed by atoms with Crippen molar-refractivity contribution >= 4 is 62.8 Å². The Kier molecular flexibility index (Phi) is 22.1. The number of nitrogens with one attached hydrogen (secondary N) is 3. The molecule has 3 aliphatic heterocycles. The van der Waals surface area contributed by atoms with Crippen LogP contribution in [0.5, 0.6) is 0 Å². The predicted molar refractivity (Wildman–Crippen MR) is 308 cm³/mol. The number of amidine groups is 1. The highest BCUT2D eigenvalue weighted by molar-refractivity contribution is 5.95. The lowest BCUT2D eigenvalue weighted by Gasteiger charge is -2.31. The number of aromatic nitrogens is 12. The molecule has 6 aromatic heterocycles. The summed E-state index contributed by atoms with van der Waals surface area (Å²) in [5.41, 5.74) is 21.5. The van der Waals surface area contributed by atoms with Crippen molar-refractivity contribution < 1.29 is 9.59 Å². The smallest absolute Gasteiger partial charge is 0.279 e. The van der Waals surface area contributed by atoms with E-state index in [0.717, 1.165) is 16.9 Å². The van der Waals surface area contributed by atoms with E-state index in [4.69, 9.17) is 17.2 Å². The average molecular weight is 1060 g/mol. The lowest BCUT2D eigenvalue weighted by atomic mass is 10.2. The second kappa shape index (κ2) is 27.2. The Morgan fingerprint density at radius 3 is 1.35 bits per heavy atom. The highest BCUT2D eigenvalue weighted by Gasteiger charge is 2.20. The molecular formula is C53H81N21O3. The zero-order valence-electron chi connectivity index (χ0n) is 46.9. The Morgan fingerprint density at radius 1 is 0.519 bits per heavy atom. The molecule has 9 heterocycles. The molecule has 0 radical (unpaired) electrons. The zero-order chi connectivity index (χ0) is 57.0. The van der Waals surface area contributed by atoms with Crippen LogP contribution in [0.25, 0.3) is 33.5 Å². The van der Waals surface area contributed by atoms with Gasteiger partial charge in [-0.2, -0.15) is 0 Å². The number of aliphatic imine (C=N–C) groups is 1.